The summed E-state index contributed by atoms with van der Waals surface area (Å²) in [6.45, 7) is -1.47. The van der Waals surface area contributed by atoms with Crippen molar-refractivity contribution in [3.05, 3.63) is 0 Å². The maximum Gasteiger partial charge on any atom is 0.320 e. The summed E-state index contributed by atoms with van der Waals surface area (Å²) in [5.74, 6) is -2.05. The topological polar surface area (TPSA) is 183 Å². The molecule has 1 aliphatic heterocycles. The van der Waals surface area contributed by atoms with E-state index >= 15 is 0 Å². The van der Waals surface area contributed by atoms with Gasteiger partial charge in [-0.15, -0.1) is 0 Å². The first-order valence-electron chi connectivity index (χ1n) is 6.32. The minimum Gasteiger partial charge on any atom is -0.480 e. The number of carbonyl (C=O) groups excluding carboxylic acids is 1. The Bertz CT molecular complexity index is 392. The summed E-state index contributed by atoms with van der Waals surface area (Å²) >= 11 is 0. The van der Waals surface area contributed by atoms with Gasteiger partial charge in [0.15, 0.2) is 5.72 Å². The van der Waals surface area contributed by atoms with Gasteiger partial charge in [-0.25, -0.2) is 0 Å². The average molecular weight is 308 g/mol. The maximum absolute atomic E-state index is 11.2. The Morgan fingerprint density at radius 2 is 1.95 bits per heavy atom. The summed E-state index contributed by atoms with van der Waals surface area (Å²) in [6.07, 6.45) is -4.75. The second kappa shape index (κ2) is 7.11. The van der Waals surface area contributed by atoms with Crippen molar-refractivity contribution >= 4 is 11.9 Å². The van der Waals surface area contributed by atoms with E-state index in [1.807, 2.05) is 0 Å². The summed E-state index contributed by atoms with van der Waals surface area (Å²) in [5, 5.41) is 49.5. The lowest BCUT2D eigenvalue weighted by molar-refractivity contribution is -0.158. The Kier molecular flexibility index (Phi) is 6.01. The molecule has 0 aromatic heterocycles. The highest BCUT2D eigenvalue weighted by Gasteiger charge is 2.55. The fourth-order valence-electron chi connectivity index (χ4n) is 2.17. The molecule has 1 heterocycles. The Labute approximate surface area is 120 Å². The minimum absolute atomic E-state index is 0.192. The Morgan fingerprint density at radius 3 is 2.33 bits per heavy atom. The lowest BCUT2D eigenvalue weighted by atomic mass is 10.0. The smallest absolute Gasteiger partial charge is 0.320 e. The van der Waals surface area contributed by atoms with Crippen LogP contribution >= 0.6 is 0 Å². The number of aliphatic hydroxyl groups excluding tert-OH is 4. The normalized spacial score (nSPS) is 33.8. The second-order valence-electron chi connectivity index (χ2n) is 4.86. The summed E-state index contributed by atoms with van der Waals surface area (Å²) < 4.78 is 5.17. The Hall–Kier alpha value is -1.30. The molecule has 5 atom stereocenters. The fraction of sp³-hybridized carbons (Fsp3) is 0.818. The van der Waals surface area contributed by atoms with Gasteiger partial charge in [0, 0.05) is 6.42 Å². The summed E-state index contributed by atoms with van der Waals surface area (Å²) in [4.78, 5) is 21.9. The first kappa shape index (κ1) is 17.8. The van der Waals surface area contributed by atoms with E-state index in [9.17, 15) is 24.9 Å². The number of carbonyl (C=O) groups is 2. The van der Waals surface area contributed by atoms with Crippen LogP contribution in [0.25, 0.3) is 0 Å². The van der Waals surface area contributed by atoms with Crippen molar-refractivity contribution < 1.29 is 39.9 Å². The number of nitrogens with one attached hydrogen (secondary N) is 1. The van der Waals surface area contributed by atoms with Crippen LogP contribution in [0.15, 0.2) is 0 Å². The highest BCUT2D eigenvalue weighted by Crippen LogP contribution is 2.29. The van der Waals surface area contributed by atoms with Crippen molar-refractivity contribution in [3.8, 4) is 0 Å². The van der Waals surface area contributed by atoms with Crippen LogP contribution in [0.4, 0.5) is 0 Å². The molecule has 1 amide bonds. The number of hydrogen-bond acceptors (Lipinski definition) is 8. The molecule has 21 heavy (non-hydrogen) atoms. The molecular weight excluding hydrogens is 288 g/mol. The third kappa shape index (κ3) is 3.87. The molecule has 122 valence electrons. The van der Waals surface area contributed by atoms with Crippen LogP contribution in [0.3, 0.4) is 0 Å². The predicted octanol–water partition coefficient (Wildman–Crippen LogP) is -3.90. The van der Waals surface area contributed by atoms with E-state index in [-0.39, 0.29) is 12.8 Å². The van der Waals surface area contributed by atoms with E-state index in [0.29, 0.717) is 0 Å². The van der Waals surface area contributed by atoms with Crippen LogP contribution < -0.4 is 11.1 Å². The zero-order chi connectivity index (χ0) is 16.2. The van der Waals surface area contributed by atoms with E-state index in [1.165, 1.54) is 0 Å². The van der Waals surface area contributed by atoms with Gasteiger partial charge in [-0.2, -0.15) is 0 Å². The molecule has 10 nitrogen and oxygen atoms in total. The molecule has 0 saturated carbocycles. The van der Waals surface area contributed by atoms with Crippen LogP contribution in [0.1, 0.15) is 12.8 Å². The van der Waals surface area contributed by atoms with Gasteiger partial charge in [0.05, 0.1) is 13.2 Å². The molecular formula is C11H20N2O8. The minimum atomic E-state index is -1.95. The summed E-state index contributed by atoms with van der Waals surface area (Å²) in [7, 11) is 0. The number of amides is 1. The molecule has 1 fully saturated rings. The Balaban J connectivity index is 2.87. The number of aliphatic hydroxyl groups is 4. The van der Waals surface area contributed by atoms with Crippen LogP contribution in [0, 0.1) is 0 Å². The van der Waals surface area contributed by atoms with Crippen molar-refractivity contribution in [1.29, 1.82) is 0 Å². The van der Waals surface area contributed by atoms with Crippen molar-refractivity contribution in [2.75, 3.05) is 13.2 Å². The van der Waals surface area contributed by atoms with Crippen molar-refractivity contribution in [1.82, 2.24) is 5.32 Å². The third-order valence-electron chi connectivity index (χ3n) is 3.35. The highest BCUT2D eigenvalue weighted by molar-refractivity contribution is 5.77. The van der Waals surface area contributed by atoms with Crippen LogP contribution in [0.2, 0.25) is 0 Å². The molecule has 0 aliphatic carbocycles. The van der Waals surface area contributed by atoms with Crippen LogP contribution in [0.5, 0.6) is 0 Å². The molecule has 0 aromatic rings. The van der Waals surface area contributed by atoms with Crippen LogP contribution in [-0.4, -0.2) is 80.7 Å². The number of carboxylic acids is 1. The van der Waals surface area contributed by atoms with E-state index in [4.69, 9.17) is 20.7 Å². The van der Waals surface area contributed by atoms with Gasteiger partial charge in [0.25, 0.3) is 0 Å². The zero-order valence-electron chi connectivity index (χ0n) is 11.2. The second-order valence-corrected chi connectivity index (χ2v) is 4.86. The number of hydrogen-bond donors (Lipinski definition) is 7. The molecule has 1 saturated heterocycles. The molecule has 0 spiro atoms. The van der Waals surface area contributed by atoms with E-state index in [0.717, 1.165) is 0 Å². The van der Waals surface area contributed by atoms with Gasteiger partial charge in [-0.3, -0.25) is 14.9 Å². The van der Waals surface area contributed by atoms with Crippen molar-refractivity contribution in [2.45, 2.75) is 42.9 Å². The SMILES string of the molecule is NC(=O)CC[C@H](N[C@@]1(CO)O[C@H](CO)[C@@H](O)[C@@H]1O)C(=O)O. The van der Waals surface area contributed by atoms with E-state index < -0.39 is 55.2 Å². The number of aliphatic carboxylic acids is 1. The monoisotopic (exact) mass is 308 g/mol. The largest absolute Gasteiger partial charge is 0.480 e. The third-order valence-corrected chi connectivity index (χ3v) is 3.35. The molecule has 1 aliphatic rings. The number of carboxylic acid groups (broad SMARTS) is 1. The van der Waals surface area contributed by atoms with Gasteiger partial charge >= 0.3 is 5.97 Å². The molecule has 0 radical (unpaired) electrons. The number of ether oxygens (including phenoxy) is 1. The zero-order valence-corrected chi connectivity index (χ0v) is 11.2. The van der Waals surface area contributed by atoms with Gasteiger partial charge in [-0.1, -0.05) is 0 Å². The fourth-order valence-corrected chi connectivity index (χ4v) is 2.17. The lowest BCUT2D eigenvalue weighted by Gasteiger charge is -2.34. The van der Waals surface area contributed by atoms with E-state index in [2.05, 4.69) is 5.32 Å². The van der Waals surface area contributed by atoms with Gasteiger partial charge in [-0.05, 0) is 6.42 Å². The predicted molar refractivity (Wildman–Crippen MR) is 66.8 cm³/mol. The van der Waals surface area contributed by atoms with Gasteiger partial charge in [0.2, 0.25) is 5.91 Å². The Morgan fingerprint density at radius 1 is 1.33 bits per heavy atom. The quantitative estimate of drug-likeness (QED) is 0.235. The highest BCUT2D eigenvalue weighted by atomic mass is 16.6. The van der Waals surface area contributed by atoms with Gasteiger partial charge in [0.1, 0.15) is 24.4 Å². The number of rotatable bonds is 8. The first-order chi connectivity index (χ1) is 9.77. The lowest BCUT2D eigenvalue weighted by Crippen LogP contribution is -2.62. The number of nitrogens with two attached hydrogens (primary N) is 1. The molecule has 8 N–H and O–H groups in total. The van der Waals surface area contributed by atoms with E-state index in [1.54, 1.807) is 0 Å². The molecule has 0 unspecified atom stereocenters. The first-order valence-corrected chi connectivity index (χ1v) is 6.32. The molecule has 0 aromatic carbocycles. The van der Waals surface area contributed by atoms with Crippen LogP contribution in [-0.2, 0) is 14.3 Å². The molecule has 1 rings (SSSR count). The number of primary amides is 1. The summed E-state index contributed by atoms with van der Waals surface area (Å²) in [6, 6.07) is -1.34. The maximum atomic E-state index is 11.2. The van der Waals surface area contributed by atoms with Crippen molar-refractivity contribution in [3.63, 3.8) is 0 Å². The van der Waals surface area contributed by atoms with Crippen molar-refractivity contribution in [2.24, 2.45) is 5.73 Å². The van der Waals surface area contributed by atoms with Gasteiger partial charge < -0.3 is 36.0 Å². The standard InChI is InChI=1S/C11H20N2O8/c12-7(16)2-1-5(10(19)20)13-11(4-15)9(18)8(17)6(3-14)21-11/h5-6,8-9,13-15,17-18H,1-4H2,(H2,12,16)(H,19,20)/t5-,6+,8+,9-,11-/m0/s1. The molecule has 0 bridgehead atoms. The molecule has 10 heteroatoms. The summed E-state index contributed by atoms with van der Waals surface area (Å²) in [5.41, 5.74) is 2.99. The average Bonchev–Trinajstić information content (AvgIpc) is 2.68.